The first-order valence-corrected chi connectivity index (χ1v) is 9.77. The molecule has 1 saturated carbocycles. The molecule has 6 heteroatoms. The molecule has 24 heavy (non-hydrogen) atoms. The van der Waals surface area contributed by atoms with Crippen LogP contribution in [-0.4, -0.2) is 56.5 Å². The van der Waals surface area contributed by atoms with Crippen LogP contribution in [0.3, 0.4) is 0 Å². The zero-order valence-corrected chi connectivity index (χ0v) is 18.2. The number of thiophene rings is 1. The summed E-state index contributed by atoms with van der Waals surface area (Å²) in [7, 11) is 6.22. The van der Waals surface area contributed by atoms with E-state index >= 15 is 0 Å². The third-order valence-corrected chi connectivity index (χ3v) is 6.19. The number of guanidine groups is 1. The van der Waals surface area contributed by atoms with Crippen molar-refractivity contribution in [1.29, 1.82) is 0 Å². The number of likely N-dealkylation sites (tertiary alicyclic amines) is 1. The molecule has 3 atom stereocenters. The van der Waals surface area contributed by atoms with E-state index in [9.17, 15) is 0 Å². The van der Waals surface area contributed by atoms with Crippen molar-refractivity contribution in [1.82, 2.24) is 15.1 Å². The zero-order chi connectivity index (χ0) is 16.2. The molecule has 0 bridgehead atoms. The van der Waals surface area contributed by atoms with Crippen LogP contribution < -0.4 is 5.32 Å². The molecule has 3 unspecified atom stereocenters. The highest BCUT2D eigenvalue weighted by Gasteiger charge is 2.35. The summed E-state index contributed by atoms with van der Waals surface area (Å²) in [6.07, 6.45) is 5.66. The molecule has 1 aromatic heterocycles. The number of halogens is 1. The number of fused-ring (bicyclic) bond motifs is 1. The Morgan fingerprint density at radius 3 is 2.50 bits per heavy atom. The molecule has 2 fully saturated rings. The molecule has 1 saturated heterocycles. The summed E-state index contributed by atoms with van der Waals surface area (Å²) in [6.45, 7) is 3.28. The Balaban J connectivity index is 0.00000208. The van der Waals surface area contributed by atoms with E-state index in [1.165, 1.54) is 44.3 Å². The normalized spacial score (nSPS) is 25.3. The van der Waals surface area contributed by atoms with E-state index in [4.69, 9.17) is 0 Å². The summed E-state index contributed by atoms with van der Waals surface area (Å²) in [6, 6.07) is 2.62. The molecule has 0 amide bonds. The monoisotopic (exact) mass is 462 g/mol. The van der Waals surface area contributed by atoms with Gasteiger partial charge in [-0.15, -0.1) is 24.0 Å². The van der Waals surface area contributed by atoms with Gasteiger partial charge in [0.05, 0.1) is 6.04 Å². The molecule has 1 N–H and O–H groups in total. The summed E-state index contributed by atoms with van der Waals surface area (Å²) in [5.74, 6) is 2.87. The fourth-order valence-electron chi connectivity index (χ4n) is 4.16. The smallest absolute Gasteiger partial charge is 0.193 e. The fourth-order valence-corrected chi connectivity index (χ4v) is 4.87. The molecule has 1 aliphatic carbocycles. The predicted octanol–water partition coefficient (Wildman–Crippen LogP) is 3.67. The minimum atomic E-state index is 0. The number of likely N-dealkylation sites (N-methyl/N-ethyl adjacent to an activating group) is 1. The van der Waals surface area contributed by atoms with E-state index in [-0.39, 0.29) is 24.0 Å². The van der Waals surface area contributed by atoms with Crippen LogP contribution in [0.2, 0.25) is 0 Å². The van der Waals surface area contributed by atoms with Crippen LogP contribution in [0.4, 0.5) is 0 Å². The van der Waals surface area contributed by atoms with Crippen LogP contribution in [0.5, 0.6) is 0 Å². The summed E-state index contributed by atoms with van der Waals surface area (Å²) < 4.78 is 0. The Labute approximate surface area is 167 Å². The lowest BCUT2D eigenvalue weighted by Crippen LogP contribution is -2.43. The van der Waals surface area contributed by atoms with Crippen molar-refractivity contribution in [2.24, 2.45) is 16.8 Å². The Morgan fingerprint density at radius 2 is 2.00 bits per heavy atom. The first-order chi connectivity index (χ1) is 11.2. The van der Waals surface area contributed by atoms with Gasteiger partial charge in [-0.1, -0.05) is 12.8 Å². The third-order valence-electron chi connectivity index (χ3n) is 5.49. The highest BCUT2D eigenvalue weighted by atomic mass is 127. The SMILES string of the molecule is CN=C(NCC(c1ccsc1)N(C)C)N1CC2CCCCC2C1.I. The summed E-state index contributed by atoms with van der Waals surface area (Å²) >= 11 is 1.77. The summed E-state index contributed by atoms with van der Waals surface area (Å²) in [5.41, 5.74) is 1.39. The maximum Gasteiger partial charge on any atom is 0.193 e. The van der Waals surface area contributed by atoms with Gasteiger partial charge in [-0.2, -0.15) is 11.3 Å². The molecule has 2 heterocycles. The Hall–Kier alpha value is -0.340. The van der Waals surface area contributed by atoms with Gasteiger partial charge in [0.15, 0.2) is 5.96 Å². The fraction of sp³-hybridized carbons (Fsp3) is 0.722. The third kappa shape index (κ3) is 4.64. The van der Waals surface area contributed by atoms with Gasteiger partial charge in [0, 0.05) is 26.7 Å². The van der Waals surface area contributed by atoms with Crippen LogP contribution in [0, 0.1) is 11.8 Å². The highest BCUT2D eigenvalue weighted by Crippen LogP contribution is 2.36. The molecular formula is C18H31IN4S. The van der Waals surface area contributed by atoms with Crippen molar-refractivity contribution in [2.45, 2.75) is 31.7 Å². The second-order valence-corrected chi connectivity index (χ2v) is 7.95. The molecule has 0 spiro atoms. The minimum Gasteiger partial charge on any atom is -0.354 e. The van der Waals surface area contributed by atoms with E-state index in [2.05, 4.69) is 51.0 Å². The van der Waals surface area contributed by atoms with Gasteiger partial charge < -0.3 is 15.1 Å². The Kier molecular flexibility index (Phi) is 7.81. The van der Waals surface area contributed by atoms with Gasteiger partial charge in [-0.3, -0.25) is 4.99 Å². The van der Waals surface area contributed by atoms with E-state index < -0.39 is 0 Å². The van der Waals surface area contributed by atoms with Crippen molar-refractivity contribution >= 4 is 41.3 Å². The molecular weight excluding hydrogens is 431 g/mol. The molecule has 1 aromatic rings. The van der Waals surface area contributed by atoms with E-state index in [0.29, 0.717) is 6.04 Å². The first kappa shape index (κ1) is 20.0. The Bertz CT molecular complexity index is 503. The molecule has 1 aliphatic heterocycles. The quantitative estimate of drug-likeness (QED) is 0.421. The number of hydrogen-bond acceptors (Lipinski definition) is 3. The van der Waals surface area contributed by atoms with Crippen LogP contribution in [0.15, 0.2) is 21.8 Å². The molecule has 2 aliphatic rings. The lowest BCUT2D eigenvalue weighted by molar-refractivity contribution is 0.296. The largest absolute Gasteiger partial charge is 0.354 e. The second kappa shape index (κ2) is 9.38. The topological polar surface area (TPSA) is 30.9 Å². The number of hydrogen-bond donors (Lipinski definition) is 1. The van der Waals surface area contributed by atoms with Crippen molar-refractivity contribution in [3.63, 3.8) is 0 Å². The molecule has 0 radical (unpaired) electrons. The van der Waals surface area contributed by atoms with Gasteiger partial charge in [-0.05, 0) is 61.2 Å². The predicted molar refractivity (Wildman–Crippen MR) is 115 cm³/mol. The van der Waals surface area contributed by atoms with Crippen LogP contribution >= 0.6 is 35.3 Å². The average Bonchev–Trinajstić information content (AvgIpc) is 3.20. The number of rotatable bonds is 4. The number of nitrogens with one attached hydrogen (secondary N) is 1. The van der Waals surface area contributed by atoms with Gasteiger partial charge in [0.1, 0.15) is 0 Å². The second-order valence-electron chi connectivity index (χ2n) is 7.17. The maximum absolute atomic E-state index is 4.56. The van der Waals surface area contributed by atoms with Crippen LogP contribution in [0.1, 0.15) is 37.3 Å². The van der Waals surface area contributed by atoms with Crippen molar-refractivity contribution in [2.75, 3.05) is 40.8 Å². The lowest BCUT2D eigenvalue weighted by Gasteiger charge is -2.27. The maximum atomic E-state index is 4.56. The molecule has 3 rings (SSSR count). The molecule has 136 valence electrons. The van der Waals surface area contributed by atoms with Gasteiger partial charge >= 0.3 is 0 Å². The van der Waals surface area contributed by atoms with E-state index in [1.54, 1.807) is 11.3 Å². The molecule has 4 nitrogen and oxygen atoms in total. The van der Waals surface area contributed by atoms with Gasteiger partial charge in [0.2, 0.25) is 0 Å². The minimum absolute atomic E-state index is 0. The number of nitrogens with zero attached hydrogens (tertiary/aromatic N) is 3. The van der Waals surface area contributed by atoms with Gasteiger partial charge in [-0.25, -0.2) is 0 Å². The average molecular weight is 462 g/mol. The van der Waals surface area contributed by atoms with E-state index in [0.717, 1.165) is 24.3 Å². The van der Waals surface area contributed by atoms with Crippen LogP contribution in [-0.2, 0) is 0 Å². The standard InChI is InChI=1S/C18H30N4S.HI/c1-19-18(22-11-14-6-4-5-7-15(14)12-22)20-10-17(21(2)3)16-8-9-23-13-16;/h8-9,13-15,17H,4-7,10-12H2,1-3H3,(H,19,20);1H. The van der Waals surface area contributed by atoms with Crippen LogP contribution in [0.25, 0.3) is 0 Å². The molecule has 0 aromatic carbocycles. The lowest BCUT2D eigenvalue weighted by atomic mass is 9.82. The van der Waals surface area contributed by atoms with Gasteiger partial charge in [0.25, 0.3) is 0 Å². The number of aliphatic imine (C=N–C) groups is 1. The highest BCUT2D eigenvalue weighted by molar-refractivity contribution is 14.0. The summed E-state index contributed by atoms with van der Waals surface area (Å²) in [5, 5.41) is 8.04. The first-order valence-electron chi connectivity index (χ1n) is 8.83. The Morgan fingerprint density at radius 1 is 1.33 bits per heavy atom. The van der Waals surface area contributed by atoms with E-state index in [1.807, 2.05) is 7.05 Å². The van der Waals surface area contributed by atoms with Crippen molar-refractivity contribution < 1.29 is 0 Å². The zero-order valence-electron chi connectivity index (χ0n) is 15.1. The van der Waals surface area contributed by atoms with Crippen molar-refractivity contribution in [3.05, 3.63) is 22.4 Å². The summed E-state index contributed by atoms with van der Waals surface area (Å²) in [4.78, 5) is 9.33. The van der Waals surface area contributed by atoms with Crippen molar-refractivity contribution in [3.8, 4) is 0 Å².